The van der Waals surface area contributed by atoms with Crippen molar-refractivity contribution in [1.82, 2.24) is 5.32 Å². The summed E-state index contributed by atoms with van der Waals surface area (Å²) in [7, 11) is 0. The molecule has 0 aliphatic heterocycles. The van der Waals surface area contributed by atoms with E-state index in [1.54, 1.807) is 0 Å². The maximum atomic E-state index is 13.2. The van der Waals surface area contributed by atoms with Gasteiger partial charge in [-0.25, -0.2) is 0 Å². The van der Waals surface area contributed by atoms with E-state index in [4.69, 9.17) is 4.74 Å². The summed E-state index contributed by atoms with van der Waals surface area (Å²) in [6.07, 6.45) is 60.3. The van der Waals surface area contributed by atoms with Crippen LogP contribution in [0.1, 0.15) is 201 Å². The summed E-state index contributed by atoms with van der Waals surface area (Å²) in [5, 5.41) is 23.7. The minimum atomic E-state index is -0.806. The molecule has 0 aromatic rings. The molecule has 3 atom stereocenters. The Kier molecular flexibility index (Phi) is 43.4. The number of allylic oxidation sites excluding steroid dienone is 16. The van der Waals surface area contributed by atoms with Crippen LogP contribution in [0, 0.1) is 0 Å². The molecule has 0 saturated heterocycles. The first kappa shape index (κ1) is 55.8. The lowest BCUT2D eigenvalue weighted by Gasteiger charge is -2.24. The fourth-order valence-electron chi connectivity index (χ4n) is 6.70. The van der Waals surface area contributed by atoms with E-state index in [2.05, 4.69) is 80.8 Å². The van der Waals surface area contributed by atoms with Gasteiger partial charge in [0.1, 0.15) is 6.10 Å². The zero-order chi connectivity index (χ0) is 43.1. The van der Waals surface area contributed by atoms with E-state index in [-0.39, 0.29) is 24.9 Å². The number of amides is 1. The lowest BCUT2D eigenvalue weighted by atomic mass is 10.0. The predicted molar refractivity (Wildman–Crippen MR) is 254 cm³/mol. The molecule has 3 N–H and O–H groups in total. The van der Waals surface area contributed by atoms with E-state index in [0.717, 1.165) is 103 Å². The molecule has 0 spiro atoms. The van der Waals surface area contributed by atoms with Crippen molar-refractivity contribution in [3.05, 3.63) is 97.2 Å². The minimum Gasteiger partial charge on any atom is -0.462 e. The van der Waals surface area contributed by atoms with Gasteiger partial charge in [0, 0.05) is 6.42 Å². The third kappa shape index (κ3) is 41.3. The Balaban J connectivity index is 4.75. The van der Waals surface area contributed by atoms with Gasteiger partial charge in [0.2, 0.25) is 5.91 Å². The van der Waals surface area contributed by atoms with Gasteiger partial charge in [-0.3, -0.25) is 9.59 Å². The summed E-state index contributed by atoms with van der Waals surface area (Å²) in [4.78, 5) is 26.1. The molecule has 0 radical (unpaired) electrons. The fraction of sp³-hybridized carbons (Fsp3) is 0.660. The maximum absolute atomic E-state index is 13.2. The number of aliphatic hydroxyl groups excluding tert-OH is 2. The van der Waals surface area contributed by atoms with Gasteiger partial charge in [-0.15, -0.1) is 0 Å². The molecule has 1 amide bonds. The van der Waals surface area contributed by atoms with Crippen molar-refractivity contribution in [3.63, 3.8) is 0 Å². The van der Waals surface area contributed by atoms with E-state index in [9.17, 15) is 19.8 Å². The Morgan fingerprint density at radius 2 is 1.00 bits per heavy atom. The fourth-order valence-corrected chi connectivity index (χ4v) is 6.70. The van der Waals surface area contributed by atoms with E-state index in [1.807, 2.05) is 42.5 Å². The van der Waals surface area contributed by atoms with Gasteiger partial charge in [-0.1, -0.05) is 208 Å². The summed E-state index contributed by atoms with van der Waals surface area (Å²) in [6, 6.07) is -0.723. The third-order valence-electron chi connectivity index (χ3n) is 10.3. The second-order valence-corrected chi connectivity index (χ2v) is 15.9. The Morgan fingerprint density at radius 3 is 1.59 bits per heavy atom. The average Bonchev–Trinajstić information content (AvgIpc) is 3.23. The lowest BCUT2D eigenvalue weighted by molar-refractivity contribution is -0.151. The number of nitrogens with one attached hydrogen (secondary N) is 1. The van der Waals surface area contributed by atoms with Crippen LogP contribution >= 0.6 is 0 Å². The van der Waals surface area contributed by atoms with Crippen LogP contribution in [-0.2, 0) is 14.3 Å². The van der Waals surface area contributed by atoms with Crippen LogP contribution in [0.2, 0.25) is 0 Å². The Bertz CT molecular complexity index is 1190. The first-order valence-electron chi connectivity index (χ1n) is 24.0. The molecule has 0 heterocycles. The van der Waals surface area contributed by atoms with Crippen molar-refractivity contribution < 1.29 is 24.5 Å². The van der Waals surface area contributed by atoms with Crippen molar-refractivity contribution in [2.75, 3.05) is 6.61 Å². The standard InChI is InChI=1S/C53H89NO5/c1-4-7-10-13-16-19-22-24-26-28-31-34-37-40-43-46-53(58)59-49(44-41-38-35-32-30-27-25-23-20-17-14-11-8-5-2)47-52(57)54-50(48-55)51(56)45-42-39-36-33-29-21-18-15-12-9-6-3/h7-8,10-11,13,16-17,19-20,22,24-28,31,49-51,55-56H,4-6,9,12,14-15,18,21,23,29-30,32-48H2,1-3H3,(H,54,57)/b10-7+,11-8+,16-13+,20-17+,22-19-,26-24-,27-25+,31-28+. The molecule has 0 rings (SSSR count). The van der Waals surface area contributed by atoms with Gasteiger partial charge in [-0.05, 0) is 77.0 Å². The highest BCUT2D eigenvalue weighted by Crippen LogP contribution is 2.17. The van der Waals surface area contributed by atoms with E-state index < -0.39 is 18.2 Å². The Morgan fingerprint density at radius 1 is 0.525 bits per heavy atom. The van der Waals surface area contributed by atoms with Crippen molar-refractivity contribution in [2.45, 2.75) is 219 Å². The number of hydrogen-bond donors (Lipinski definition) is 3. The van der Waals surface area contributed by atoms with Crippen molar-refractivity contribution in [3.8, 4) is 0 Å². The Labute approximate surface area is 363 Å². The molecule has 0 saturated carbocycles. The zero-order valence-electron chi connectivity index (χ0n) is 38.1. The van der Waals surface area contributed by atoms with Crippen molar-refractivity contribution in [1.29, 1.82) is 0 Å². The highest BCUT2D eigenvalue weighted by Gasteiger charge is 2.24. The van der Waals surface area contributed by atoms with Crippen LogP contribution in [0.5, 0.6) is 0 Å². The molecule has 0 aromatic carbocycles. The first-order valence-corrected chi connectivity index (χ1v) is 24.0. The normalized spacial score (nSPS) is 14.2. The van der Waals surface area contributed by atoms with Crippen LogP contribution in [0.15, 0.2) is 97.2 Å². The maximum Gasteiger partial charge on any atom is 0.306 e. The van der Waals surface area contributed by atoms with Crippen LogP contribution in [0.3, 0.4) is 0 Å². The molecular formula is C53H89NO5. The number of rotatable bonds is 41. The number of carbonyl (C=O) groups is 2. The van der Waals surface area contributed by atoms with E-state index >= 15 is 0 Å². The predicted octanol–water partition coefficient (Wildman–Crippen LogP) is 14.2. The van der Waals surface area contributed by atoms with E-state index in [0.29, 0.717) is 19.3 Å². The molecule has 3 unspecified atom stereocenters. The zero-order valence-corrected chi connectivity index (χ0v) is 38.1. The van der Waals surface area contributed by atoms with Crippen LogP contribution < -0.4 is 5.32 Å². The van der Waals surface area contributed by atoms with Crippen molar-refractivity contribution in [2.24, 2.45) is 0 Å². The topological polar surface area (TPSA) is 95.9 Å². The van der Waals surface area contributed by atoms with Gasteiger partial charge >= 0.3 is 5.97 Å². The number of esters is 1. The van der Waals surface area contributed by atoms with Crippen molar-refractivity contribution >= 4 is 11.9 Å². The van der Waals surface area contributed by atoms with Gasteiger partial charge in [0.05, 0.1) is 25.2 Å². The smallest absolute Gasteiger partial charge is 0.306 e. The number of ether oxygens (including phenoxy) is 1. The third-order valence-corrected chi connectivity index (χ3v) is 10.3. The number of aliphatic hydroxyl groups is 2. The molecule has 0 bridgehead atoms. The molecule has 0 aromatic heterocycles. The molecule has 6 nitrogen and oxygen atoms in total. The summed E-state index contributed by atoms with van der Waals surface area (Å²) >= 11 is 0. The molecule has 336 valence electrons. The minimum absolute atomic E-state index is 0.0393. The number of unbranched alkanes of at least 4 members (excludes halogenated alkanes) is 17. The number of hydrogen-bond acceptors (Lipinski definition) is 5. The molecule has 6 heteroatoms. The monoisotopic (exact) mass is 820 g/mol. The quantitative estimate of drug-likeness (QED) is 0.0247. The molecular weight excluding hydrogens is 731 g/mol. The van der Waals surface area contributed by atoms with E-state index in [1.165, 1.54) is 51.4 Å². The van der Waals surface area contributed by atoms with Crippen LogP contribution in [0.4, 0.5) is 0 Å². The lowest BCUT2D eigenvalue weighted by Crippen LogP contribution is -2.46. The summed E-state index contributed by atoms with van der Waals surface area (Å²) in [6.45, 7) is 6.19. The summed E-state index contributed by atoms with van der Waals surface area (Å²) < 4.78 is 5.89. The van der Waals surface area contributed by atoms with Crippen LogP contribution in [0.25, 0.3) is 0 Å². The van der Waals surface area contributed by atoms with Gasteiger partial charge < -0.3 is 20.3 Å². The van der Waals surface area contributed by atoms with Gasteiger partial charge in [0.25, 0.3) is 0 Å². The summed E-state index contributed by atoms with van der Waals surface area (Å²) in [5.74, 6) is -0.555. The van der Waals surface area contributed by atoms with Crippen LogP contribution in [-0.4, -0.2) is 46.9 Å². The molecule has 0 aliphatic carbocycles. The Hall–Kier alpha value is -3.22. The molecule has 59 heavy (non-hydrogen) atoms. The molecule has 0 aliphatic rings. The second kappa shape index (κ2) is 45.9. The van der Waals surface area contributed by atoms with Gasteiger partial charge in [0.15, 0.2) is 0 Å². The average molecular weight is 820 g/mol. The number of carbonyl (C=O) groups excluding carboxylic acids is 2. The molecule has 0 fully saturated rings. The largest absolute Gasteiger partial charge is 0.462 e. The summed E-state index contributed by atoms with van der Waals surface area (Å²) in [5.41, 5.74) is 0. The van der Waals surface area contributed by atoms with Gasteiger partial charge in [-0.2, -0.15) is 0 Å². The highest BCUT2D eigenvalue weighted by molar-refractivity contribution is 5.77. The second-order valence-electron chi connectivity index (χ2n) is 15.9. The first-order chi connectivity index (χ1) is 29.0. The highest BCUT2D eigenvalue weighted by atomic mass is 16.5. The SMILES string of the molecule is CC/C=C/C=C/C=C\C=C/C=C/CCCCCC(=O)OC(CCCCCC/C=C/C/C=C/C/C=C/CC)CC(=O)NC(CO)C(O)CCCCCCCCCCCCC.